The van der Waals surface area contributed by atoms with Gasteiger partial charge in [0, 0.05) is 11.6 Å². The van der Waals surface area contributed by atoms with Gasteiger partial charge in [0.1, 0.15) is 0 Å². The molecule has 1 heterocycles. The lowest BCUT2D eigenvalue weighted by molar-refractivity contribution is -0.293. The maximum Gasteiger partial charge on any atom is 0.0229 e. The smallest absolute Gasteiger partial charge is 0.0229 e. The minimum atomic E-state index is 0.674. The van der Waals surface area contributed by atoms with Gasteiger partial charge in [-0.15, -0.1) is 0 Å². The summed E-state index contributed by atoms with van der Waals surface area (Å²) in [4.78, 5) is 2.58. The number of rotatable bonds is 0. The Kier molecular flexibility index (Phi) is 0.508. The Morgan fingerprint density at radius 1 is 1.56 bits per heavy atom. The fourth-order valence-electron chi connectivity index (χ4n) is 3.44. The van der Waals surface area contributed by atoms with Crippen LogP contribution in [0.4, 0.5) is 0 Å². The van der Waals surface area contributed by atoms with Crippen molar-refractivity contribution in [3.63, 3.8) is 0 Å². The van der Waals surface area contributed by atoms with Crippen LogP contribution in [0.3, 0.4) is 0 Å². The van der Waals surface area contributed by atoms with E-state index in [-0.39, 0.29) is 0 Å². The molecule has 0 N–H and O–H groups in total. The fourth-order valence-corrected chi connectivity index (χ4v) is 3.44. The lowest BCUT2D eigenvalue weighted by Crippen LogP contribution is -2.85. The maximum atomic E-state index is 2.58. The van der Waals surface area contributed by atoms with Crippen molar-refractivity contribution in [2.24, 2.45) is 11.8 Å². The summed E-state index contributed by atoms with van der Waals surface area (Å²) in [5.74, 6) is 2.28. The standard InChI is InChI=1S/C8H13N/c1-8-4-5-3-6(7(5)8)9(8)2/h5-7H,3-4H2,1-2H3. The molecule has 3 aliphatic rings. The van der Waals surface area contributed by atoms with Crippen molar-refractivity contribution in [2.45, 2.75) is 31.3 Å². The van der Waals surface area contributed by atoms with Gasteiger partial charge in [0.2, 0.25) is 0 Å². The molecule has 0 aromatic carbocycles. The Hall–Kier alpha value is -0.0400. The van der Waals surface area contributed by atoms with E-state index in [1.807, 2.05) is 0 Å². The Morgan fingerprint density at radius 2 is 2.33 bits per heavy atom. The Bertz CT molecular complexity index is 169. The normalized spacial score (nSPS) is 69.3. The van der Waals surface area contributed by atoms with Crippen molar-refractivity contribution in [1.82, 2.24) is 4.90 Å². The zero-order valence-electron chi connectivity index (χ0n) is 6.09. The van der Waals surface area contributed by atoms with Crippen LogP contribution >= 0.6 is 0 Å². The van der Waals surface area contributed by atoms with E-state index in [1.165, 1.54) is 12.8 Å². The summed E-state index contributed by atoms with van der Waals surface area (Å²) in [5.41, 5.74) is 0.674. The molecule has 1 saturated heterocycles. The van der Waals surface area contributed by atoms with Crippen molar-refractivity contribution in [3.05, 3.63) is 0 Å². The molecule has 0 spiro atoms. The van der Waals surface area contributed by atoms with Crippen LogP contribution in [0.5, 0.6) is 0 Å². The molecule has 0 bridgehead atoms. The first kappa shape index (κ1) is 4.73. The van der Waals surface area contributed by atoms with Crippen molar-refractivity contribution in [3.8, 4) is 0 Å². The van der Waals surface area contributed by atoms with Crippen LogP contribution in [0.15, 0.2) is 0 Å². The van der Waals surface area contributed by atoms with Gasteiger partial charge in [0.05, 0.1) is 0 Å². The second-order valence-corrected chi connectivity index (χ2v) is 4.26. The van der Waals surface area contributed by atoms with Gasteiger partial charge in [-0.1, -0.05) is 0 Å². The average molecular weight is 123 g/mol. The van der Waals surface area contributed by atoms with Gasteiger partial charge in [-0.2, -0.15) is 0 Å². The molecule has 1 nitrogen and oxygen atoms in total. The molecule has 0 aromatic rings. The SMILES string of the molecule is CN1C2CC3CC1(C)C32. The Labute approximate surface area is 56.0 Å². The van der Waals surface area contributed by atoms with E-state index in [0.717, 1.165) is 17.9 Å². The topological polar surface area (TPSA) is 3.24 Å². The van der Waals surface area contributed by atoms with Crippen LogP contribution in [-0.4, -0.2) is 23.5 Å². The molecule has 0 aromatic heterocycles. The van der Waals surface area contributed by atoms with Crippen molar-refractivity contribution in [2.75, 3.05) is 7.05 Å². The monoisotopic (exact) mass is 123 g/mol. The van der Waals surface area contributed by atoms with Crippen LogP contribution in [-0.2, 0) is 0 Å². The second-order valence-electron chi connectivity index (χ2n) is 4.26. The molecule has 0 radical (unpaired) electrons. The summed E-state index contributed by atoms with van der Waals surface area (Å²) in [5, 5.41) is 0. The van der Waals surface area contributed by atoms with Gasteiger partial charge in [0.15, 0.2) is 0 Å². The van der Waals surface area contributed by atoms with E-state index in [0.29, 0.717) is 5.54 Å². The van der Waals surface area contributed by atoms with Crippen LogP contribution in [0.25, 0.3) is 0 Å². The highest BCUT2D eigenvalue weighted by Crippen LogP contribution is 2.68. The molecule has 4 unspecified atom stereocenters. The van der Waals surface area contributed by atoms with Gasteiger partial charge >= 0.3 is 0 Å². The van der Waals surface area contributed by atoms with E-state index in [4.69, 9.17) is 0 Å². The highest BCUT2D eigenvalue weighted by Gasteiger charge is 2.72. The molecule has 4 atom stereocenters. The summed E-state index contributed by atoms with van der Waals surface area (Å²) >= 11 is 0. The minimum Gasteiger partial charge on any atom is -0.297 e. The molecule has 1 heteroatoms. The van der Waals surface area contributed by atoms with Gasteiger partial charge in [-0.3, -0.25) is 4.90 Å². The summed E-state index contributed by atoms with van der Waals surface area (Å²) in [6, 6.07) is 1.01. The molecule has 3 fully saturated rings. The summed E-state index contributed by atoms with van der Waals surface area (Å²) in [6.07, 6.45) is 3.00. The van der Waals surface area contributed by atoms with E-state index >= 15 is 0 Å². The van der Waals surface area contributed by atoms with Crippen molar-refractivity contribution in [1.29, 1.82) is 0 Å². The molecule has 3 rings (SSSR count). The predicted octanol–water partition coefficient (Wildman–Crippen LogP) is 1.10. The largest absolute Gasteiger partial charge is 0.297 e. The van der Waals surface area contributed by atoms with Crippen molar-refractivity contribution < 1.29 is 0 Å². The molecule has 2 aliphatic carbocycles. The number of likely N-dealkylation sites (tertiary alicyclic amines) is 1. The molecule has 1 aliphatic heterocycles. The molecule has 9 heavy (non-hydrogen) atoms. The van der Waals surface area contributed by atoms with Crippen LogP contribution in [0.2, 0.25) is 0 Å². The van der Waals surface area contributed by atoms with E-state index < -0.39 is 0 Å². The summed E-state index contributed by atoms with van der Waals surface area (Å²) < 4.78 is 0. The summed E-state index contributed by atoms with van der Waals surface area (Å²) in [7, 11) is 2.29. The Balaban J connectivity index is 1.98. The van der Waals surface area contributed by atoms with E-state index in [2.05, 4.69) is 18.9 Å². The van der Waals surface area contributed by atoms with E-state index in [9.17, 15) is 0 Å². The average Bonchev–Trinajstić information content (AvgIpc) is 1.77. The third kappa shape index (κ3) is 0.260. The molecule has 50 valence electrons. The number of hydrogen-bond donors (Lipinski definition) is 0. The molecule has 2 saturated carbocycles. The van der Waals surface area contributed by atoms with Crippen molar-refractivity contribution >= 4 is 0 Å². The molecular formula is C8H13N. The third-order valence-electron chi connectivity index (χ3n) is 4.16. The number of nitrogens with zero attached hydrogens (tertiary/aromatic N) is 1. The third-order valence-corrected chi connectivity index (χ3v) is 4.16. The first-order chi connectivity index (χ1) is 4.23. The van der Waals surface area contributed by atoms with Gasteiger partial charge in [0.25, 0.3) is 0 Å². The first-order valence-electron chi connectivity index (χ1n) is 3.96. The summed E-state index contributed by atoms with van der Waals surface area (Å²) in [6.45, 7) is 2.42. The quantitative estimate of drug-likeness (QED) is 0.466. The Morgan fingerprint density at radius 3 is 2.56 bits per heavy atom. The number of hydrogen-bond acceptors (Lipinski definition) is 1. The van der Waals surface area contributed by atoms with Crippen LogP contribution in [0.1, 0.15) is 19.8 Å². The lowest BCUT2D eigenvalue weighted by Gasteiger charge is -2.80. The highest BCUT2D eigenvalue weighted by atomic mass is 15.3. The lowest BCUT2D eigenvalue weighted by atomic mass is 9.39. The molecular weight excluding hydrogens is 110 g/mol. The first-order valence-corrected chi connectivity index (χ1v) is 3.96. The maximum absolute atomic E-state index is 2.58. The van der Waals surface area contributed by atoms with Gasteiger partial charge in [-0.25, -0.2) is 0 Å². The van der Waals surface area contributed by atoms with Gasteiger partial charge < -0.3 is 0 Å². The van der Waals surface area contributed by atoms with Gasteiger partial charge in [-0.05, 0) is 38.6 Å². The number of piperidine rings is 3. The minimum absolute atomic E-state index is 0.674. The molecule has 0 amide bonds. The predicted molar refractivity (Wildman–Crippen MR) is 36.2 cm³/mol. The highest BCUT2D eigenvalue weighted by molar-refractivity contribution is 5.26. The zero-order chi connectivity index (χ0) is 6.22. The fraction of sp³-hybridized carbons (Fsp3) is 1.00. The van der Waals surface area contributed by atoms with Crippen LogP contribution < -0.4 is 0 Å². The zero-order valence-corrected chi connectivity index (χ0v) is 6.09. The van der Waals surface area contributed by atoms with E-state index in [1.54, 1.807) is 0 Å². The van der Waals surface area contributed by atoms with Crippen LogP contribution in [0, 0.1) is 11.8 Å². The second kappa shape index (κ2) is 0.968.